The topological polar surface area (TPSA) is 161 Å². The summed E-state index contributed by atoms with van der Waals surface area (Å²) in [6.45, 7) is 1.95. The quantitative estimate of drug-likeness (QED) is 0.112. The molecule has 5 heterocycles. The Bertz CT molecular complexity index is 2410. The number of rotatable bonds is 8. The van der Waals surface area contributed by atoms with Crippen molar-refractivity contribution in [2.75, 3.05) is 0 Å². The summed E-state index contributed by atoms with van der Waals surface area (Å²) in [6.07, 6.45) is 8.09. The van der Waals surface area contributed by atoms with E-state index in [1.807, 2.05) is 48.6 Å². The summed E-state index contributed by atoms with van der Waals surface area (Å²) in [5, 5.41) is 0. The van der Waals surface area contributed by atoms with Crippen molar-refractivity contribution >= 4 is 64.4 Å². The molecule has 0 aliphatic carbocycles. The van der Waals surface area contributed by atoms with Crippen LogP contribution in [0.15, 0.2) is 146 Å². The number of H-pyrrole nitrogens is 2. The van der Waals surface area contributed by atoms with Gasteiger partial charge < -0.3 is 9.97 Å². The molecule has 2 aliphatic rings. The van der Waals surface area contributed by atoms with Gasteiger partial charge in [0.15, 0.2) is 0 Å². The number of aromatic nitrogens is 4. The van der Waals surface area contributed by atoms with Gasteiger partial charge in [0.1, 0.15) is 0 Å². The van der Waals surface area contributed by atoms with Crippen molar-refractivity contribution < 1.29 is 12.6 Å². The number of fused-ring (bicyclic) bond motifs is 8. The van der Waals surface area contributed by atoms with Gasteiger partial charge >= 0.3 is 199 Å². The van der Waals surface area contributed by atoms with Crippen molar-refractivity contribution in [3.05, 3.63) is 191 Å². The van der Waals surface area contributed by atoms with Gasteiger partial charge in [0, 0.05) is 22.1 Å². The van der Waals surface area contributed by atoms with E-state index in [1.54, 1.807) is 0 Å². The molecule has 287 valence electrons. The van der Waals surface area contributed by atoms with E-state index >= 15 is 0 Å². The van der Waals surface area contributed by atoms with Gasteiger partial charge in [-0.25, -0.2) is 9.97 Å². The zero-order valence-electron chi connectivity index (χ0n) is 31.5. The van der Waals surface area contributed by atoms with Crippen molar-refractivity contribution in [2.24, 2.45) is 22.9 Å². The predicted molar refractivity (Wildman–Crippen MR) is 235 cm³/mol. The molecule has 7 aromatic rings. The van der Waals surface area contributed by atoms with Crippen LogP contribution in [0.4, 0.5) is 0 Å². The van der Waals surface area contributed by atoms with E-state index in [0.29, 0.717) is 26.2 Å². The van der Waals surface area contributed by atoms with E-state index in [4.69, 9.17) is 22.9 Å². The van der Waals surface area contributed by atoms with Crippen LogP contribution in [-0.4, -0.2) is 19.9 Å². The maximum absolute atomic E-state index is 6.08. The molecule has 9 heteroatoms. The second-order valence-corrected chi connectivity index (χ2v) is 17.6. The average molecular weight is 794 g/mol. The molecule has 0 unspecified atom stereocenters. The van der Waals surface area contributed by atoms with E-state index in [0.717, 1.165) is 67.1 Å². The van der Waals surface area contributed by atoms with Gasteiger partial charge in [-0.1, -0.05) is 0 Å². The molecule has 0 saturated carbocycles. The normalized spacial score (nSPS) is 12.3. The standard InChI is InChI=1S/C20H14N4.4C7H8N.Co/c1-2-14-10-16-5-6-18(23-16)12-20-8-7-19(24-20)11-17-4-3-15(22-17)9-13(1)21-14;4*8-6-7-4-2-1-3-5-7;/h1-12,21,24H;4*1-2,4-5H,6,8H2;. The summed E-state index contributed by atoms with van der Waals surface area (Å²) < 4.78 is 5.00. The van der Waals surface area contributed by atoms with Crippen molar-refractivity contribution in [3.8, 4) is 0 Å². The molecule has 0 spiro atoms. The monoisotopic (exact) mass is 793 g/mol. The number of benzene rings is 4. The van der Waals surface area contributed by atoms with Crippen LogP contribution >= 0.6 is 0 Å². The summed E-state index contributed by atoms with van der Waals surface area (Å²) in [5.41, 5.74) is 36.6. The Balaban J connectivity index is 0.000000167. The van der Waals surface area contributed by atoms with Gasteiger partial charge in [0.2, 0.25) is 0 Å². The molecule has 8 nitrogen and oxygen atoms in total. The Morgan fingerprint density at radius 1 is 0.351 bits per heavy atom. The summed E-state index contributed by atoms with van der Waals surface area (Å²) in [5.74, 6) is 0. The summed E-state index contributed by atoms with van der Waals surface area (Å²) in [7, 11) is 0. The number of aromatic amines is 2. The fraction of sp³-hybridized carbons (Fsp3) is 0.0833. The predicted octanol–water partition coefficient (Wildman–Crippen LogP) is 5.93. The SMILES string of the molecule is C1=Cc2cc3ccc(cc4nc(cc5ccc(cc1n2)[nH]5)C=C4)[nH]3.NCc1ccc[c]([Co]([c]2cccc(CN)c2)([c]2cccc(CN)c2)[c]2cccc(CN)c2)c1. The van der Waals surface area contributed by atoms with Crippen LogP contribution < -0.4 is 40.9 Å². The van der Waals surface area contributed by atoms with Crippen LogP contribution in [-0.2, 0) is 38.8 Å². The minimum absolute atomic E-state index is 0.488. The third-order valence-corrected chi connectivity index (χ3v) is 14.5. The molecule has 0 fully saturated rings. The molecule has 0 saturated heterocycles. The van der Waals surface area contributed by atoms with Gasteiger partial charge in [-0.05, 0) is 72.8 Å². The Hall–Kier alpha value is -6.17. The molecule has 4 aromatic carbocycles. The molecule has 0 amide bonds. The van der Waals surface area contributed by atoms with Crippen LogP contribution in [0.1, 0.15) is 45.0 Å². The number of hydrogen-bond donors (Lipinski definition) is 6. The number of nitrogens with two attached hydrogens (primary N) is 4. The van der Waals surface area contributed by atoms with E-state index in [2.05, 4.69) is 141 Å². The average Bonchev–Trinajstić information content (AvgIpc) is 4.09. The van der Waals surface area contributed by atoms with Crippen molar-refractivity contribution in [1.82, 2.24) is 19.9 Å². The van der Waals surface area contributed by atoms with Crippen LogP contribution in [0.5, 0.6) is 0 Å². The summed E-state index contributed by atoms with van der Waals surface area (Å²) in [6, 6.07) is 51.1. The van der Waals surface area contributed by atoms with Crippen LogP contribution in [0.3, 0.4) is 0 Å². The van der Waals surface area contributed by atoms with E-state index < -0.39 is 12.6 Å². The van der Waals surface area contributed by atoms with Gasteiger partial charge in [0.05, 0.1) is 22.8 Å². The first-order valence-corrected chi connectivity index (χ1v) is 20.9. The molecule has 0 radical (unpaired) electrons. The Morgan fingerprint density at radius 2 is 0.614 bits per heavy atom. The molecule has 0 atom stereocenters. The van der Waals surface area contributed by atoms with Gasteiger partial charge in [-0.15, -0.1) is 0 Å². The fourth-order valence-electron chi connectivity index (χ4n) is 6.84. The molecular weight excluding hydrogens is 748 g/mol. The summed E-state index contributed by atoms with van der Waals surface area (Å²) >= 11 is -2.26. The molecule has 57 heavy (non-hydrogen) atoms. The second-order valence-electron chi connectivity index (χ2n) is 13.6. The zero-order chi connectivity index (χ0) is 39.2. The fourth-order valence-corrected chi connectivity index (χ4v) is 12.0. The molecule has 2 aliphatic heterocycles. The first-order chi connectivity index (χ1) is 27.9. The number of hydrogen-bond acceptors (Lipinski definition) is 6. The summed E-state index contributed by atoms with van der Waals surface area (Å²) in [4.78, 5) is 16.0. The minimum atomic E-state index is -2.26. The first-order valence-electron chi connectivity index (χ1n) is 18.8. The Kier molecular flexibility index (Phi) is 11.2. The van der Waals surface area contributed by atoms with E-state index in [-0.39, 0.29) is 0 Å². The second kappa shape index (κ2) is 16.9. The molecule has 9 rings (SSSR count). The van der Waals surface area contributed by atoms with E-state index in [9.17, 15) is 0 Å². The first kappa shape index (κ1) is 37.7. The third kappa shape index (κ3) is 8.21. The van der Waals surface area contributed by atoms with Crippen molar-refractivity contribution in [3.63, 3.8) is 0 Å². The molecule has 10 N–H and O–H groups in total. The van der Waals surface area contributed by atoms with E-state index in [1.165, 1.54) is 18.0 Å². The molecule has 8 bridgehead atoms. The number of nitrogens with one attached hydrogen (secondary N) is 2. The van der Waals surface area contributed by atoms with Gasteiger partial charge in [-0.2, -0.15) is 0 Å². The van der Waals surface area contributed by atoms with Crippen molar-refractivity contribution in [2.45, 2.75) is 26.2 Å². The molecule has 3 aromatic heterocycles. The zero-order valence-corrected chi connectivity index (χ0v) is 32.6. The van der Waals surface area contributed by atoms with Crippen LogP contribution in [0, 0.1) is 0 Å². The Morgan fingerprint density at radius 3 is 0.860 bits per heavy atom. The van der Waals surface area contributed by atoms with Gasteiger partial charge in [0.25, 0.3) is 0 Å². The Labute approximate surface area is 335 Å². The number of nitrogens with zero attached hydrogens (tertiary/aromatic N) is 2. The maximum atomic E-state index is 6.08. The van der Waals surface area contributed by atoms with Crippen LogP contribution in [0.2, 0.25) is 0 Å². The molecular formula is C48H46CoN8. The third-order valence-electron chi connectivity index (χ3n) is 9.64. The van der Waals surface area contributed by atoms with Crippen LogP contribution in [0.25, 0.3) is 46.4 Å². The van der Waals surface area contributed by atoms with Gasteiger partial charge in [-0.3, -0.25) is 0 Å². The van der Waals surface area contributed by atoms with Crippen molar-refractivity contribution in [1.29, 1.82) is 0 Å².